The number of nitrogens with zero attached hydrogens (tertiary/aromatic N) is 4. The van der Waals surface area contributed by atoms with Gasteiger partial charge in [-0.2, -0.15) is 0 Å². The van der Waals surface area contributed by atoms with Crippen molar-refractivity contribution in [2.45, 2.75) is 58.5 Å². The van der Waals surface area contributed by atoms with E-state index in [-0.39, 0.29) is 25.2 Å². The van der Waals surface area contributed by atoms with E-state index in [4.69, 9.17) is 15.2 Å². The van der Waals surface area contributed by atoms with E-state index in [1.807, 2.05) is 56.3 Å². The van der Waals surface area contributed by atoms with Crippen molar-refractivity contribution in [1.29, 1.82) is 0 Å². The molecule has 1 aromatic carbocycles. The summed E-state index contributed by atoms with van der Waals surface area (Å²) in [6.07, 6.45) is -0.437. The van der Waals surface area contributed by atoms with Crippen LogP contribution in [0.25, 0.3) is 5.65 Å². The summed E-state index contributed by atoms with van der Waals surface area (Å²) in [5.41, 5.74) is 7.13. The number of hydrogen-bond donors (Lipinski definition) is 2. The van der Waals surface area contributed by atoms with E-state index >= 15 is 0 Å². The SMILES string of the molecule is CC(C)N(C)C(=O)OCc1cccc2nnc([C@@H](COCc3ccccc3)NC(=O)C(C)(C)N)n12. The van der Waals surface area contributed by atoms with Gasteiger partial charge in [0.05, 0.1) is 24.4 Å². The van der Waals surface area contributed by atoms with Crippen LogP contribution in [0.4, 0.5) is 4.79 Å². The highest BCUT2D eigenvalue weighted by Crippen LogP contribution is 2.19. The van der Waals surface area contributed by atoms with Crippen molar-refractivity contribution in [3.8, 4) is 0 Å². The number of pyridine rings is 1. The topological polar surface area (TPSA) is 124 Å². The van der Waals surface area contributed by atoms with Crippen molar-refractivity contribution in [3.05, 3.63) is 65.6 Å². The van der Waals surface area contributed by atoms with Gasteiger partial charge >= 0.3 is 6.09 Å². The molecule has 0 aliphatic heterocycles. The van der Waals surface area contributed by atoms with Gasteiger partial charge in [-0.05, 0) is 45.4 Å². The zero-order valence-corrected chi connectivity index (χ0v) is 20.9. The van der Waals surface area contributed by atoms with Crippen LogP contribution in [-0.2, 0) is 27.5 Å². The van der Waals surface area contributed by atoms with Gasteiger partial charge in [0.15, 0.2) is 11.5 Å². The average molecular weight is 483 g/mol. The number of carbonyl (C=O) groups excluding carboxylic acids is 2. The molecule has 3 N–H and O–H groups in total. The maximum atomic E-state index is 12.8. The first-order chi connectivity index (χ1) is 16.6. The summed E-state index contributed by atoms with van der Waals surface area (Å²) in [4.78, 5) is 26.6. The number of nitrogens with one attached hydrogen (secondary N) is 1. The Labute approximate surface area is 205 Å². The molecule has 3 aromatic rings. The van der Waals surface area contributed by atoms with Crippen LogP contribution in [0.2, 0.25) is 0 Å². The summed E-state index contributed by atoms with van der Waals surface area (Å²) < 4.78 is 13.2. The van der Waals surface area contributed by atoms with Gasteiger partial charge < -0.3 is 25.4 Å². The summed E-state index contributed by atoms with van der Waals surface area (Å²) in [5, 5.41) is 11.5. The fraction of sp³-hybridized carbons (Fsp3) is 0.440. The summed E-state index contributed by atoms with van der Waals surface area (Å²) >= 11 is 0. The fourth-order valence-corrected chi connectivity index (χ4v) is 3.21. The van der Waals surface area contributed by atoms with Gasteiger partial charge in [-0.1, -0.05) is 36.4 Å². The van der Waals surface area contributed by atoms with Crippen molar-refractivity contribution >= 4 is 17.6 Å². The van der Waals surface area contributed by atoms with Crippen LogP contribution in [0, 0.1) is 0 Å². The number of ether oxygens (including phenoxy) is 2. The van der Waals surface area contributed by atoms with Gasteiger partial charge in [0.1, 0.15) is 12.6 Å². The van der Waals surface area contributed by atoms with Crippen molar-refractivity contribution in [2.75, 3.05) is 13.7 Å². The zero-order valence-electron chi connectivity index (χ0n) is 20.9. The predicted molar refractivity (Wildman–Crippen MR) is 131 cm³/mol. The second kappa shape index (κ2) is 11.3. The molecule has 2 aromatic heterocycles. The third-order valence-electron chi connectivity index (χ3n) is 5.54. The first-order valence-electron chi connectivity index (χ1n) is 11.5. The van der Waals surface area contributed by atoms with E-state index in [1.54, 1.807) is 31.4 Å². The molecular formula is C25H34N6O4. The molecule has 0 aliphatic rings. The Bertz CT molecular complexity index is 1140. The molecule has 10 nitrogen and oxygen atoms in total. The normalized spacial score (nSPS) is 12.5. The molecule has 0 aliphatic carbocycles. The lowest BCUT2D eigenvalue weighted by atomic mass is 10.1. The van der Waals surface area contributed by atoms with E-state index in [0.29, 0.717) is 23.8 Å². The van der Waals surface area contributed by atoms with E-state index < -0.39 is 17.7 Å². The highest BCUT2D eigenvalue weighted by Gasteiger charge is 2.28. The summed E-state index contributed by atoms with van der Waals surface area (Å²) in [5.74, 6) is 0.0968. The minimum Gasteiger partial charge on any atom is -0.443 e. The minimum atomic E-state index is -1.10. The molecule has 2 amide bonds. The molecule has 0 saturated carbocycles. The number of hydrogen-bond acceptors (Lipinski definition) is 7. The molecule has 0 fully saturated rings. The fourth-order valence-electron chi connectivity index (χ4n) is 3.21. The standard InChI is InChI=1S/C25H34N6O4/c1-17(2)30(5)24(33)35-15-19-12-9-13-21-28-29-22(31(19)21)20(27-23(32)25(3,4)26)16-34-14-18-10-7-6-8-11-18/h6-13,17,20H,14-16,26H2,1-5H3,(H,27,32)/t20-/m1/s1. The minimum absolute atomic E-state index is 0.00439. The molecule has 0 bridgehead atoms. The van der Waals surface area contributed by atoms with Gasteiger partial charge in [0.2, 0.25) is 5.91 Å². The van der Waals surface area contributed by atoms with E-state index in [9.17, 15) is 9.59 Å². The number of benzene rings is 1. The number of aromatic nitrogens is 3. The highest BCUT2D eigenvalue weighted by molar-refractivity contribution is 5.85. The molecular weight excluding hydrogens is 448 g/mol. The Kier molecular flexibility index (Phi) is 8.42. The lowest BCUT2D eigenvalue weighted by Gasteiger charge is -2.24. The maximum absolute atomic E-state index is 12.8. The van der Waals surface area contributed by atoms with Crippen LogP contribution in [0.5, 0.6) is 0 Å². The molecule has 188 valence electrons. The quantitative estimate of drug-likeness (QED) is 0.455. The first kappa shape index (κ1) is 26.1. The van der Waals surface area contributed by atoms with Crippen molar-refractivity contribution in [3.63, 3.8) is 0 Å². The Balaban J connectivity index is 1.87. The van der Waals surface area contributed by atoms with Gasteiger partial charge in [-0.15, -0.1) is 10.2 Å². The van der Waals surface area contributed by atoms with Crippen LogP contribution >= 0.6 is 0 Å². The average Bonchev–Trinajstić information content (AvgIpc) is 3.26. The second-order valence-electron chi connectivity index (χ2n) is 9.28. The van der Waals surface area contributed by atoms with E-state index in [0.717, 1.165) is 5.56 Å². The summed E-state index contributed by atoms with van der Waals surface area (Å²) in [7, 11) is 1.68. The Morgan fingerprint density at radius 1 is 1.09 bits per heavy atom. The maximum Gasteiger partial charge on any atom is 0.410 e. The summed E-state index contributed by atoms with van der Waals surface area (Å²) in [6.45, 7) is 7.57. The molecule has 1 atom stereocenters. The lowest BCUT2D eigenvalue weighted by Crippen LogP contribution is -2.51. The molecule has 0 unspecified atom stereocenters. The predicted octanol–water partition coefficient (Wildman–Crippen LogP) is 2.82. The van der Waals surface area contributed by atoms with Crippen LogP contribution in [0.1, 0.15) is 50.8 Å². The van der Waals surface area contributed by atoms with Crippen LogP contribution < -0.4 is 11.1 Å². The number of nitrogens with two attached hydrogens (primary N) is 1. The molecule has 10 heteroatoms. The van der Waals surface area contributed by atoms with Crippen molar-refractivity contribution in [2.24, 2.45) is 5.73 Å². The molecule has 3 rings (SSSR count). The van der Waals surface area contributed by atoms with Crippen LogP contribution in [0.3, 0.4) is 0 Å². The Hall–Kier alpha value is -3.50. The highest BCUT2D eigenvalue weighted by atomic mass is 16.6. The second-order valence-corrected chi connectivity index (χ2v) is 9.28. The third-order valence-corrected chi connectivity index (χ3v) is 5.54. The molecule has 35 heavy (non-hydrogen) atoms. The Morgan fingerprint density at radius 3 is 2.46 bits per heavy atom. The lowest BCUT2D eigenvalue weighted by molar-refractivity contribution is -0.126. The molecule has 0 radical (unpaired) electrons. The van der Waals surface area contributed by atoms with Crippen molar-refractivity contribution in [1.82, 2.24) is 24.8 Å². The van der Waals surface area contributed by atoms with Crippen molar-refractivity contribution < 1.29 is 19.1 Å². The number of amides is 2. The third kappa shape index (κ3) is 6.77. The van der Waals surface area contributed by atoms with Gasteiger partial charge in [0.25, 0.3) is 0 Å². The molecule has 0 saturated heterocycles. The van der Waals surface area contributed by atoms with E-state index in [1.165, 1.54) is 4.90 Å². The first-order valence-corrected chi connectivity index (χ1v) is 11.5. The Morgan fingerprint density at radius 2 is 1.80 bits per heavy atom. The van der Waals surface area contributed by atoms with Gasteiger partial charge in [-0.3, -0.25) is 9.20 Å². The molecule has 2 heterocycles. The van der Waals surface area contributed by atoms with Crippen LogP contribution in [0.15, 0.2) is 48.5 Å². The monoisotopic (exact) mass is 482 g/mol. The van der Waals surface area contributed by atoms with Gasteiger partial charge in [0, 0.05) is 13.1 Å². The van der Waals surface area contributed by atoms with E-state index in [2.05, 4.69) is 15.5 Å². The van der Waals surface area contributed by atoms with Crippen LogP contribution in [-0.4, -0.2) is 56.7 Å². The number of fused-ring (bicyclic) bond motifs is 1. The number of rotatable bonds is 10. The molecule has 0 spiro atoms. The smallest absolute Gasteiger partial charge is 0.410 e. The zero-order chi connectivity index (χ0) is 25.6. The van der Waals surface area contributed by atoms with Gasteiger partial charge in [-0.25, -0.2) is 4.79 Å². The number of carbonyl (C=O) groups is 2. The summed E-state index contributed by atoms with van der Waals surface area (Å²) in [6, 6.07) is 14.5. The largest absolute Gasteiger partial charge is 0.443 e.